The van der Waals surface area contributed by atoms with E-state index in [2.05, 4.69) is 86.1 Å². The van der Waals surface area contributed by atoms with E-state index in [-0.39, 0.29) is 6.04 Å². The lowest BCUT2D eigenvalue weighted by Gasteiger charge is -2.08. The normalized spacial score (nSPS) is 12.6. The lowest BCUT2D eigenvalue weighted by molar-refractivity contribution is 0.564. The summed E-state index contributed by atoms with van der Waals surface area (Å²) < 4.78 is 2.26. The fourth-order valence-electron chi connectivity index (χ4n) is 1.63. The Hall–Kier alpha value is -0.0500. The van der Waals surface area contributed by atoms with Gasteiger partial charge in [-0.15, -0.1) is 10.2 Å². The maximum absolute atomic E-state index is 4.31. The number of hydrogen-bond donors (Lipinski definition) is 1. The molecular weight excluding hydrogens is 437 g/mol. The summed E-state index contributed by atoms with van der Waals surface area (Å²) in [5.74, 6) is 0. The average molecular weight is 452 g/mol. The van der Waals surface area contributed by atoms with Crippen molar-refractivity contribution in [2.75, 3.05) is 6.54 Å². The highest BCUT2D eigenvalue weighted by Gasteiger charge is 2.14. The summed E-state index contributed by atoms with van der Waals surface area (Å²) >= 11 is 7.54. The predicted octanol–water partition coefficient (Wildman–Crippen LogP) is 4.63. The van der Waals surface area contributed by atoms with E-state index in [4.69, 9.17) is 0 Å². The average Bonchev–Trinajstić information content (AvgIpc) is 2.88. The van der Waals surface area contributed by atoms with E-state index in [0.29, 0.717) is 0 Å². The number of rotatable bonds is 5. The van der Waals surface area contributed by atoms with E-state index >= 15 is 0 Å². The number of hydrogen-bond acceptors (Lipinski definition) is 4. The maximum Gasteiger partial charge on any atom is 0.149 e. The van der Waals surface area contributed by atoms with Crippen molar-refractivity contribution >= 4 is 49.9 Å². The number of nitrogens with one attached hydrogen (secondary N) is 1. The van der Waals surface area contributed by atoms with E-state index in [1.54, 1.807) is 11.3 Å². The highest BCUT2D eigenvalue weighted by molar-refractivity contribution is 14.1. The highest BCUT2D eigenvalue weighted by Crippen LogP contribution is 2.33. The van der Waals surface area contributed by atoms with E-state index in [1.165, 1.54) is 3.57 Å². The molecule has 0 aliphatic heterocycles. The topological polar surface area (TPSA) is 37.8 Å². The molecule has 0 radical (unpaired) electrons. The molecule has 1 aromatic carbocycles. The van der Waals surface area contributed by atoms with Crippen LogP contribution in [0.2, 0.25) is 0 Å². The van der Waals surface area contributed by atoms with Crippen LogP contribution in [0.25, 0.3) is 10.6 Å². The lowest BCUT2D eigenvalue weighted by atomic mass is 10.2. The van der Waals surface area contributed by atoms with Crippen molar-refractivity contribution in [3.8, 4) is 10.6 Å². The molecule has 3 nitrogen and oxygen atoms in total. The van der Waals surface area contributed by atoms with Crippen LogP contribution in [0, 0.1) is 3.57 Å². The van der Waals surface area contributed by atoms with Gasteiger partial charge in [0.05, 0.1) is 6.04 Å². The smallest absolute Gasteiger partial charge is 0.149 e. The second-order valence-electron chi connectivity index (χ2n) is 4.25. The minimum atomic E-state index is 0.257. The fourth-order valence-corrected chi connectivity index (χ4v) is 3.59. The summed E-state index contributed by atoms with van der Waals surface area (Å²) in [5, 5.41) is 14.0. The Morgan fingerprint density at radius 3 is 2.95 bits per heavy atom. The first-order valence-corrected chi connectivity index (χ1v) is 8.83. The summed E-state index contributed by atoms with van der Waals surface area (Å²) in [6.45, 7) is 5.29. The molecule has 0 saturated heterocycles. The lowest BCUT2D eigenvalue weighted by Crippen LogP contribution is -2.18. The monoisotopic (exact) mass is 451 g/mol. The van der Waals surface area contributed by atoms with Crippen molar-refractivity contribution in [2.45, 2.75) is 26.3 Å². The molecule has 1 N–H and O–H groups in total. The third-order valence-electron chi connectivity index (χ3n) is 2.67. The number of benzene rings is 1. The van der Waals surface area contributed by atoms with Gasteiger partial charge in [0, 0.05) is 13.6 Å². The molecule has 1 heterocycles. The van der Waals surface area contributed by atoms with Gasteiger partial charge in [0.15, 0.2) is 0 Å². The predicted molar refractivity (Wildman–Crippen MR) is 92.5 cm³/mol. The van der Waals surface area contributed by atoms with Crippen LogP contribution in [0.4, 0.5) is 0 Å². The van der Waals surface area contributed by atoms with Crippen LogP contribution in [0.3, 0.4) is 0 Å². The molecule has 102 valence electrons. The minimum absolute atomic E-state index is 0.257. The van der Waals surface area contributed by atoms with Gasteiger partial charge in [0.1, 0.15) is 10.0 Å². The molecule has 1 aromatic heterocycles. The largest absolute Gasteiger partial charge is 0.308 e. The van der Waals surface area contributed by atoms with Crippen LogP contribution < -0.4 is 5.32 Å². The number of aromatic nitrogens is 2. The van der Waals surface area contributed by atoms with Crippen molar-refractivity contribution in [2.24, 2.45) is 0 Å². The van der Waals surface area contributed by atoms with Gasteiger partial charge in [-0.1, -0.05) is 34.2 Å². The molecule has 6 heteroatoms. The van der Waals surface area contributed by atoms with Crippen molar-refractivity contribution in [3.05, 3.63) is 31.2 Å². The van der Waals surface area contributed by atoms with Crippen LogP contribution in [-0.2, 0) is 0 Å². The molecule has 19 heavy (non-hydrogen) atoms. The Morgan fingerprint density at radius 1 is 1.42 bits per heavy atom. The zero-order valence-corrected chi connectivity index (χ0v) is 15.3. The van der Waals surface area contributed by atoms with Gasteiger partial charge in [-0.25, -0.2) is 0 Å². The number of nitrogens with zero attached hydrogens (tertiary/aromatic N) is 2. The quantitative estimate of drug-likeness (QED) is 0.673. The van der Waals surface area contributed by atoms with Gasteiger partial charge in [-0.2, -0.15) is 0 Å². The standard InChI is InChI=1S/C13H15BrIN3S/c1-3-6-16-8(2)12-17-18-13(19-12)10-7-9(15)4-5-11(10)14/h4-5,7-8,16H,3,6H2,1-2H3. The third-order valence-corrected chi connectivity index (χ3v) is 5.17. The van der Waals surface area contributed by atoms with Crippen molar-refractivity contribution in [1.82, 2.24) is 15.5 Å². The molecule has 0 spiro atoms. The second-order valence-corrected chi connectivity index (χ2v) is 7.35. The van der Waals surface area contributed by atoms with Crippen LogP contribution in [0.15, 0.2) is 22.7 Å². The molecule has 0 amide bonds. The van der Waals surface area contributed by atoms with Crippen LogP contribution in [-0.4, -0.2) is 16.7 Å². The summed E-state index contributed by atoms with van der Waals surface area (Å²) in [7, 11) is 0. The van der Waals surface area contributed by atoms with E-state index in [1.807, 2.05) is 0 Å². The zero-order valence-electron chi connectivity index (χ0n) is 10.8. The first-order chi connectivity index (χ1) is 9.11. The van der Waals surface area contributed by atoms with E-state index < -0.39 is 0 Å². The van der Waals surface area contributed by atoms with Crippen molar-refractivity contribution < 1.29 is 0 Å². The van der Waals surface area contributed by atoms with Gasteiger partial charge in [0.2, 0.25) is 0 Å². The highest BCUT2D eigenvalue weighted by atomic mass is 127. The molecule has 2 rings (SSSR count). The Balaban J connectivity index is 2.23. The summed E-state index contributed by atoms with van der Waals surface area (Å²) in [4.78, 5) is 0. The number of halogens is 2. The second kappa shape index (κ2) is 7.10. The molecule has 0 aliphatic rings. The Kier molecular flexibility index (Phi) is 5.73. The van der Waals surface area contributed by atoms with Gasteiger partial charge >= 0.3 is 0 Å². The van der Waals surface area contributed by atoms with Crippen molar-refractivity contribution in [1.29, 1.82) is 0 Å². The third kappa shape index (κ3) is 3.96. The Morgan fingerprint density at radius 2 is 2.21 bits per heavy atom. The summed E-state index contributed by atoms with van der Waals surface area (Å²) in [6.07, 6.45) is 1.12. The van der Waals surface area contributed by atoms with Gasteiger partial charge in [-0.3, -0.25) is 0 Å². The molecular formula is C13H15BrIN3S. The molecule has 2 aromatic rings. The minimum Gasteiger partial charge on any atom is -0.308 e. The summed E-state index contributed by atoms with van der Waals surface area (Å²) in [5.41, 5.74) is 1.11. The molecule has 0 bridgehead atoms. The van der Waals surface area contributed by atoms with Gasteiger partial charge in [0.25, 0.3) is 0 Å². The Labute approximate surface area is 139 Å². The first kappa shape index (κ1) is 15.3. The van der Waals surface area contributed by atoms with Gasteiger partial charge < -0.3 is 5.32 Å². The Bertz CT molecular complexity index is 559. The molecule has 1 atom stereocenters. The van der Waals surface area contributed by atoms with E-state index in [0.717, 1.165) is 33.0 Å². The molecule has 1 unspecified atom stereocenters. The zero-order chi connectivity index (χ0) is 13.8. The summed E-state index contributed by atoms with van der Waals surface area (Å²) in [6, 6.07) is 6.50. The van der Waals surface area contributed by atoms with Crippen LogP contribution >= 0.6 is 49.9 Å². The maximum atomic E-state index is 4.31. The van der Waals surface area contributed by atoms with Crippen LogP contribution in [0.1, 0.15) is 31.3 Å². The fraction of sp³-hybridized carbons (Fsp3) is 0.385. The molecule has 0 aliphatic carbocycles. The van der Waals surface area contributed by atoms with Crippen LogP contribution in [0.5, 0.6) is 0 Å². The SMILES string of the molecule is CCCNC(C)c1nnc(-c2cc(I)ccc2Br)s1. The molecule has 0 saturated carbocycles. The molecule has 0 fully saturated rings. The van der Waals surface area contributed by atoms with Gasteiger partial charge in [-0.05, 0) is 60.7 Å². The van der Waals surface area contributed by atoms with E-state index in [9.17, 15) is 0 Å². The first-order valence-electron chi connectivity index (χ1n) is 6.14. The van der Waals surface area contributed by atoms with Crippen molar-refractivity contribution in [3.63, 3.8) is 0 Å².